The summed E-state index contributed by atoms with van der Waals surface area (Å²) in [7, 11) is 0. The van der Waals surface area contributed by atoms with Crippen molar-refractivity contribution in [1.29, 1.82) is 0 Å². The molecule has 3 rings (SSSR count). The molecule has 0 unspecified atom stereocenters. The summed E-state index contributed by atoms with van der Waals surface area (Å²) in [6.45, 7) is 2.20. The monoisotopic (exact) mass is 356 g/mol. The lowest BCUT2D eigenvalue weighted by Gasteiger charge is -2.06. The number of nitrogens with two attached hydrogens (primary N) is 1. The zero-order valence-electron chi connectivity index (χ0n) is 13.4. The van der Waals surface area contributed by atoms with Crippen molar-refractivity contribution in [2.45, 2.75) is 13.5 Å². The number of anilines is 1. The van der Waals surface area contributed by atoms with Gasteiger partial charge >= 0.3 is 6.03 Å². The van der Waals surface area contributed by atoms with E-state index in [1.54, 1.807) is 36.6 Å². The Hall–Kier alpha value is -3.13. The number of aryl methyl sites for hydroxylation is 1. The van der Waals surface area contributed by atoms with Gasteiger partial charge in [-0.25, -0.2) is 9.78 Å². The van der Waals surface area contributed by atoms with Crippen LogP contribution in [0.3, 0.4) is 0 Å². The lowest BCUT2D eigenvalue weighted by molar-refractivity contribution is 0.0946. The topological polar surface area (TPSA) is 110 Å². The molecule has 0 saturated carbocycles. The Kier molecular flexibility index (Phi) is 4.80. The highest BCUT2D eigenvalue weighted by atomic mass is 32.1. The number of nitrogens with one attached hydrogen (secondary N) is 2. The molecule has 0 radical (unpaired) electrons. The normalized spacial score (nSPS) is 10.4. The summed E-state index contributed by atoms with van der Waals surface area (Å²) in [5.41, 5.74) is 6.94. The van der Waals surface area contributed by atoms with Crippen LogP contribution in [0.1, 0.15) is 20.9 Å². The van der Waals surface area contributed by atoms with Gasteiger partial charge in [-0.15, -0.1) is 11.3 Å². The van der Waals surface area contributed by atoms with Crippen LogP contribution in [0.2, 0.25) is 0 Å². The molecule has 0 spiro atoms. The van der Waals surface area contributed by atoms with E-state index in [0.29, 0.717) is 28.7 Å². The van der Waals surface area contributed by atoms with Crippen molar-refractivity contribution >= 4 is 29.0 Å². The van der Waals surface area contributed by atoms with Gasteiger partial charge in [0.05, 0.1) is 6.26 Å². The maximum atomic E-state index is 12.4. The Morgan fingerprint density at radius 2 is 2.00 bits per heavy atom. The second kappa shape index (κ2) is 7.18. The molecule has 2 heterocycles. The molecule has 0 aliphatic rings. The van der Waals surface area contributed by atoms with E-state index in [1.165, 1.54) is 11.3 Å². The third-order valence-corrected chi connectivity index (χ3v) is 4.40. The van der Waals surface area contributed by atoms with Gasteiger partial charge < -0.3 is 20.8 Å². The van der Waals surface area contributed by atoms with Crippen molar-refractivity contribution < 1.29 is 14.0 Å². The second-order valence-electron chi connectivity index (χ2n) is 5.27. The van der Waals surface area contributed by atoms with Crippen LogP contribution in [0, 0.1) is 6.92 Å². The second-order valence-corrected chi connectivity index (χ2v) is 6.47. The summed E-state index contributed by atoms with van der Waals surface area (Å²) < 4.78 is 5.31. The first-order valence-corrected chi connectivity index (χ1v) is 8.29. The lowest BCUT2D eigenvalue weighted by atomic mass is 10.2. The summed E-state index contributed by atoms with van der Waals surface area (Å²) >= 11 is 1.41. The van der Waals surface area contributed by atoms with Gasteiger partial charge in [-0.2, -0.15) is 0 Å². The molecule has 8 heteroatoms. The van der Waals surface area contributed by atoms with Gasteiger partial charge in [0.15, 0.2) is 10.8 Å². The van der Waals surface area contributed by atoms with Crippen LogP contribution in [0.4, 0.5) is 10.5 Å². The highest BCUT2D eigenvalue weighted by molar-refractivity contribution is 7.15. The number of rotatable bonds is 5. The van der Waals surface area contributed by atoms with Gasteiger partial charge in [0.25, 0.3) is 5.91 Å². The molecule has 7 nitrogen and oxygen atoms in total. The lowest BCUT2D eigenvalue weighted by Crippen LogP contribution is -2.24. The zero-order chi connectivity index (χ0) is 17.8. The van der Waals surface area contributed by atoms with Crippen LogP contribution in [0.25, 0.3) is 10.8 Å². The molecule has 0 aliphatic heterocycles. The molecule has 0 atom stereocenters. The maximum Gasteiger partial charge on any atom is 0.316 e. The zero-order valence-corrected chi connectivity index (χ0v) is 14.2. The average molecular weight is 356 g/mol. The smallest absolute Gasteiger partial charge is 0.316 e. The minimum Gasteiger partial charge on any atom is -0.462 e. The SMILES string of the molecule is Cc1sc(-c2ccco2)nc1C(=O)NCc1ccc(NC(N)=O)cc1. The van der Waals surface area contributed by atoms with E-state index < -0.39 is 6.03 Å². The molecule has 0 bridgehead atoms. The van der Waals surface area contributed by atoms with Crippen LogP contribution < -0.4 is 16.4 Å². The van der Waals surface area contributed by atoms with Crippen molar-refractivity contribution in [3.05, 3.63) is 58.8 Å². The highest BCUT2D eigenvalue weighted by Crippen LogP contribution is 2.27. The molecular weight excluding hydrogens is 340 g/mol. The van der Waals surface area contributed by atoms with Crippen LogP contribution in [0.15, 0.2) is 47.1 Å². The molecule has 2 aromatic heterocycles. The number of furan rings is 1. The van der Waals surface area contributed by atoms with Gasteiger partial charge in [0.2, 0.25) is 0 Å². The predicted octanol–water partition coefficient (Wildman–Crippen LogP) is 3.13. The molecule has 3 aromatic rings. The fourth-order valence-electron chi connectivity index (χ4n) is 2.23. The van der Waals surface area contributed by atoms with Gasteiger partial charge in [0.1, 0.15) is 5.69 Å². The van der Waals surface area contributed by atoms with Gasteiger partial charge in [-0.05, 0) is 36.8 Å². The van der Waals surface area contributed by atoms with Crippen LogP contribution in [0.5, 0.6) is 0 Å². The van der Waals surface area contributed by atoms with Crippen molar-refractivity contribution in [2.75, 3.05) is 5.32 Å². The quantitative estimate of drug-likeness (QED) is 0.652. The average Bonchev–Trinajstić information content (AvgIpc) is 3.23. The summed E-state index contributed by atoms with van der Waals surface area (Å²) in [5.74, 6) is 0.399. The number of aromatic nitrogens is 1. The molecule has 128 valence electrons. The summed E-state index contributed by atoms with van der Waals surface area (Å²) in [4.78, 5) is 28.3. The Morgan fingerprint density at radius 3 is 2.64 bits per heavy atom. The van der Waals surface area contributed by atoms with E-state index in [0.717, 1.165) is 10.4 Å². The first-order valence-electron chi connectivity index (χ1n) is 7.48. The summed E-state index contributed by atoms with van der Waals surface area (Å²) in [5, 5.41) is 5.99. The fourth-order valence-corrected chi connectivity index (χ4v) is 3.11. The third-order valence-electron chi connectivity index (χ3n) is 3.42. The fraction of sp³-hybridized carbons (Fsp3) is 0.118. The highest BCUT2D eigenvalue weighted by Gasteiger charge is 2.17. The van der Waals surface area contributed by atoms with Crippen LogP contribution in [-0.4, -0.2) is 16.9 Å². The number of hydrogen-bond donors (Lipinski definition) is 3. The van der Waals surface area contributed by atoms with Crippen LogP contribution >= 0.6 is 11.3 Å². The van der Waals surface area contributed by atoms with E-state index in [9.17, 15) is 9.59 Å². The Labute approximate surface area is 147 Å². The maximum absolute atomic E-state index is 12.4. The molecular formula is C17H16N4O3S. The van der Waals surface area contributed by atoms with Crippen molar-refractivity contribution in [2.24, 2.45) is 5.73 Å². The van der Waals surface area contributed by atoms with E-state index in [1.807, 2.05) is 13.0 Å². The molecule has 1 aromatic carbocycles. The standard InChI is InChI=1S/C17H16N4O3S/c1-10-14(21-16(25-10)13-3-2-8-24-13)15(22)19-9-11-4-6-12(7-5-11)20-17(18)23/h2-8H,9H2,1H3,(H,19,22)(H3,18,20,23). The number of thiazole rings is 1. The number of primary amides is 1. The number of carbonyl (C=O) groups excluding carboxylic acids is 2. The molecule has 0 fully saturated rings. The number of nitrogens with zero attached hydrogens (tertiary/aromatic N) is 1. The van der Waals surface area contributed by atoms with Crippen molar-refractivity contribution in [1.82, 2.24) is 10.3 Å². The van der Waals surface area contributed by atoms with E-state index in [4.69, 9.17) is 10.2 Å². The van der Waals surface area contributed by atoms with Crippen LogP contribution in [-0.2, 0) is 6.54 Å². The summed E-state index contributed by atoms with van der Waals surface area (Å²) in [6.07, 6.45) is 1.57. The molecule has 0 saturated heterocycles. The molecule has 25 heavy (non-hydrogen) atoms. The number of urea groups is 1. The number of hydrogen-bond acceptors (Lipinski definition) is 5. The van der Waals surface area contributed by atoms with Crippen molar-refractivity contribution in [3.8, 4) is 10.8 Å². The van der Waals surface area contributed by atoms with E-state index >= 15 is 0 Å². The van der Waals surface area contributed by atoms with E-state index in [-0.39, 0.29) is 5.91 Å². The first kappa shape index (κ1) is 16.7. The first-order chi connectivity index (χ1) is 12.0. The number of carbonyl (C=O) groups is 2. The molecule has 4 N–H and O–H groups in total. The predicted molar refractivity (Wildman–Crippen MR) is 95.4 cm³/mol. The number of amides is 3. The summed E-state index contributed by atoms with van der Waals surface area (Å²) in [6, 6.07) is 10.0. The Morgan fingerprint density at radius 1 is 1.24 bits per heavy atom. The Bertz CT molecular complexity index is 885. The number of benzene rings is 1. The largest absolute Gasteiger partial charge is 0.462 e. The van der Waals surface area contributed by atoms with Gasteiger partial charge in [0, 0.05) is 17.1 Å². The molecule has 3 amide bonds. The van der Waals surface area contributed by atoms with Gasteiger partial charge in [-0.1, -0.05) is 12.1 Å². The minimum absolute atomic E-state index is 0.245. The van der Waals surface area contributed by atoms with E-state index in [2.05, 4.69) is 15.6 Å². The third kappa shape index (κ3) is 4.04. The minimum atomic E-state index is -0.618. The Balaban J connectivity index is 1.64. The molecule has 0 aliphatic carbocycles. The van der Waals surface area contributed by atoms with Crippen molar-refractivity contribution in [3.63, 3.8) is 0 Å². The van der Waals surface area contributed by atoms with Gasteiger partial charge in [-0.3, -0.25) is 4.79 Å².